The Morgan fingerprint density at radius 2 is 1.68 bits per heavy atom. The van der Waals surface area contributed by atoms with E-state index in [0.717, 1.165) is 5.56 Å². The lowest BCUT2D eigenvalue weighted by molar-refractivity contribution is -0.140. The van der Waals surface area contributed by atoms with Gasteiger partial charge in [0.2, 0.25) is 0 Å². The van der Waals surface area contributed by atoms with Crippen LogP contribution >= 0.6 is 12.2 Å². The topological polar surface area (TPSA) is 60.9 Å². The molecule has 0 aromatic heterocycles. The van der Waals surface area contributed by atoms with Gasteiger partial charge in [-0.15, -0.1) is 0 Å². The summed E-state index contributed by atoms with van der Waals surface area (Å²) in [5.74, 6) is -1.33. The van der Waals surface area contributed by atoms with Gasteiger partial charge in [0, 0.05) is 0 Å². The molecule has 2 aromatic carbocycles. The van der Waals surface area contributed by atoms with E-state index in [9.17, 15) is 14.7 Å². The van der Waals surface area contributed by atoms with Crippen molar-refractivity contribution in [1.29, 1.82) is 0 Å². The van der Waals surface area contributed by atoms with E-state index >= 15 is 0 Å². The highest BCUT2D eigenvalue weighted by molar-refractivity contribution is 7.80. The smallest absolute Gasteiger partial charge is 0.305 e. The van der Waals surface area contributed by atoms with E-state index in [2.05, 4.69) is 0 Å². The van der Waals surface area contributed by atoms with Gasteiger partial charge in [0.15, 0.2) is 5.11 Å². The maximum atomic E-state index is 12.9. The summed E-state index contributed by atoms with van der Waals surface area (Å²) in [7, 11) is 0. The first-order valence-electron chi connectivity index (χ1n) is 7.98. The van der Waals surface area contributed by atoms with Crippen molar-refractivity contribution in [2.75, 3.05) is 4.90 Å². The molecule has 1 N–H and O–H groups in total. The zero-order valence-corrected chi connectivity index (χ0v) is 14.5. The van der Waals surface area contributed by atoms with Crippen LogP contribution in [0.25, 0.3) is 0 Å². The van der Waals surface area contributed by atoms with Gasteiger partial charge in [-0.3, -0.25) is 14.5 Å². The first-order chi connectivity index (χ1) is 12.0. The summed E-state index contributed by atoms with van der Waals surface area (Å²) in [6, 6.07) is 17.7. The molecule has 0 spiro atoms. The predicted octanol–water partition coefficient (Wildman–Crippen LogP) is 3.22. The number of nitrogens with zero attached hydrogens (tertiary/aromatic N) is 2. The van der Waals surface area contributed by atoms with E-state index in [1.807, 2.05) is 55.5 Å². The summed E-state index contributed by atoms with van der Waals surface area (Å²) < 4.78 is 0. The Bertz CT molecular complexity index is 795. The molecule has 1 aliphatic heterocycles. The lowest BCUT2D eigenvalue weighted by Gasteiger charge is -2.30. The third kappa shape index (κ3) is 3.25. The molecule has 2 unspecified atom stereocenters. The number of carboxylic acids is 1. The van der Waals surface area contributed by atoms with E-state index in [0.29, 0.717) is 10.8 Å². The molecule has 3 rings (SSSR count). The molecule has 1 amide bonds. The molecular formula is C19H18N2O3S. The molecule has 0 saturated carbocycles. The minimum atomic E-state index is -1.03. The van der Waals surface area contributed by atoms with Crippen LogP contribution in [0.3, 0.4) is 0 Å². The van der Waals surface area contributed by atoms with Crippen LogP contribution in [-0.2, 0) is 9.59 Å². The highest BCUT2D eigenvalue weighted by Crippen LogP contribution is 2.33. The van der Waals surface area contributed by atoms with Gasteiger partial charge in [0.25, 0.3) is 5.91 Å². The number of benzene rings is 2. The van der Waals surface area contributed by atoms with E-state index in [1.165, 1.54) is 4.90 Å². The van der Waals surface area contributed by atoms with Gasteiger partial charge >= 0.3 is 5.97 Å². The summed E-state index contributed by atoms with van der Waals surface area (Å²) in [6.45, 7) is 1.93. The van der Waals surface area contributed by atoms with Gasteiger partial charge in [-0.2, -0.15) is 0 Å². The number of rotatable bonds is 5. The number of carboxylic acid groups (broad SMARTS) is 1. The van der Waals surface area contributed by atoms with Crippen LogP contribution in [0.5, 0.6) is 0 Å². The number of anilines is 1. The molecule has 0 aliphatic carbocycles. The van der Waals surface area contributed by atoms with Crippen LogP contribution in [0.4, 0.5) is 5.69 Å². The summed E-state index contributed by atoms with van der Waals surface area (Å²) in [6.07, 6.45) is -0.292. The summed E-state index contributed by atoms with van der Waals surface area (Å²) >= 11 is 5.57. The van der Waals surface area contributed by atoms with Crippen LogP contribution in [0, 0.1) is 0 Å². The van der Waals surface area contributed by atoms with Crippen molar-refractivity contribution in [2.45, 2.75) is 25.4 Å². The first kappa shape index (κ1) is 17.1. The van der Waals surface area contributed by atoms with Crippen LogP contribution < -0.4 is 4.90 Å². The number of aliphatic carboxylic acids is 1. The normalized spacial score (nSPS) is 18.5. The fourth-order valence-corrected chi connectivity index (χ4v) is 3.59. The van der Waals surface area contributed by atoms with Gasteiger partial charge in [0.1, 0.15) is 6.04 Å². The lowest BCUT2D eigenvalue weighted by atomic mass is 10.0. The van der Waals surface area contributed by atoms with Crippen molar-refractivity contribution in [3.05, 3.63) is 66.2 Å². The zero-order valence-electron chi connectivity index (χ0n) is 13.7. The molecule has 25 heavy (non-hydrogen) atoms. The van der Waals surface area contributed by atoms with Crippen LogP contribution in [0.2, 0.25) is 0 Å². The molecule has 0 radical (unpaired) electrons. The third-order valence-electron chi connectivity index (χ3n) is 4.33. The van der Waals surface area contributed by atoms with Gasteiger partial charge in [-0.25, -0.2) is 0 Å². The fraction of sp³-hybridized carbons (Fsp3) is 0.211. The Morgan fingerprint density at radius 3 is 2.24 bits per heavy atom. The fourth-order valence-electron chi connectivity index (χ4n) is 3.10. The number of hydrogen-bond acceptors (Lipinski definition) is 3. The van der Waals surface area contributed by atoms with Crippen molar-refractivity contribution in [3.8, 4) is 0 Å². The third-order valence-corrected chi connectivity index (χ3v) is 4.73. The second kappa shape index (κ2) is 7.03. The van der Waals surface area contributed by atoms with E-state index in [1.54, 1.807) is 17.0 Å². The maximum Gasteiger partial charge on any atom is 0.305 e. The molecular weight excluding hydrogens is 336 g/mol. The highest BCUT2D eigenvalue weighted by Gasteiger charge is 2.46. The average Bonchev–Trinajstić information content (AvgIpc) is 2.85. The molecule has 5 nitrogen and oxygen atoms in total. The molecule has 2 aromatic rings. The van der Waals surface area contributed by atoms with E-state index in [4.69, 9.17) is 12.2 Å². The zero-order chi connectivity index (χ0) is 18.0. The van der Waals surface area contributed by atoms with Crippen molar-refractivity contribution in [1.82, 2.24) is 4.90 Å². The number of para-hydroxylation sites is 1. The Labute approximate surface area is 151 Å². The lowest BCUT2D eigenvalue weighted by Crippen LogP contribution is -2.38. The van der Waals surface area contributed by atoms with Gasteiger partial charge in [0.05, 0.1) is 18.2 Å². The minimum Gasteiger partial charge on any atom is -0.481 e. The number of carbonyl (C=O) groups is 2. The second-order valence-corrected chi connectivity index (χ2v) is 6.26. The van der Waals surface area contributed by atoms with E-state index < -0.39 is 12.0 Å². The monoisotopic (exact) mass is 354 g/mol. The summed E-state index contributed by atoms with van der Waals surface area (Å²) in [4.78, 5) is 27.4. The van der Waals surface area contributed by atoms with E-state index in [-0.39, 0.29) is 18.4 Å². The Hall–Kier alpha value is -2.73. The molecule has 1 aliphatic rings. The van der Waals surface area contributed by atoms with Crippen molar-refractivity contribution in [2.24, 2.45) is 0 Å². The second-order valence-electron chi connectivity index (χ2n) is 5.90. The SMILES string of the molecule is CC(c1ccccc1)N1C(=S)N(c2ccccc2)C(=O)C1CC(=O)O. The quantitative estimate of drug-likeness (QED) is 0.836. The Kier molecular flexibility index (Phi) is 4.81. The molecule has 0 bridgehead atoms. The number of carbonyl (C=O) groups excluding carboxylic acids is 1. The summed E-state index contributed by atoms with van der Waals surface area (Å²) in [5.41, 5.74) is 1.62. The average molecular weight is 354 g/mol. The highest BCUT2D eigenvalue weighted by atomic mass is 32.1. The van der Waals surface area contributed by atoms with Crippen LogP contribution in [0.1, 0.15) is 24.9 Å². The first-order valence-corrected chi connectivity index (χ1v) is 8.39. The number of hydrogen-bond donors (Lipinski definition) is 1. The molecule has 6 heteroatoms. The van der Waals surface area contributed by atoms with Crippen molar-refractivity contribution >= 4 is 34.9 Å². The van der Waals surface area contributed by atoms with Gasteiger partial charge < -0.3 is 10.0 Å². The largest absolute Gasteiger partial charge is 0.481 e. The molecule has 1 saturated heterocycles. The summed E-state index contributed by atoms with van der Waals surface area (Å²) in [5, 5.41) is 9.60. The molecule has 128 valence electrons. The number of amides is 1. The van der Waals surface area contributed by atoms with Crippen molar-refractivity contribution in [3.63, 3.8) is 0 Å². The van der Waals surface area contributed by atoms with Gasteiger partial charge in [-0.1, -0.05) is 48.5 Å². The van der Waals surface area contributed by atoms with Gasteiger partial charge in [-0.05, 0) is 36.8 Å². The van der Waals surface area contributed by atoms with Crippen LogP contribution in [0.15, 0.2) is 60.7 Å². The number of thiocarbonyl (C=S) groups is 1. The maximum absolute atomic E-state index is 12.9. The van der Waals surface area contributed by atoms with Crippen molar-refractivity contribution < 1.29 is 14.7 Å². The minimum absolute atomic E-state index is 0.212. The van der Waals surface area contributed by atoms with Crippen LogP contribution in [-0.4, -0.2) is 33.0 Å². The Balaban J connectivity index is 2.00. The molecule has 2 atom stereocenters. The molecule has 1 heterocycles. The predicted molar refractivity (Wildman–Crippen MR) is 99.3 cm³/mol. The standard InChI is InChI=1S/C19H18N2O3S/c1-13(14-8-4-2-5-9-14)20-16(12-17(22)23)18(24)21(19(20)25)15-10-6-3-7-11-15/h2-11,13,16H,12H2,1H3,(H,22,23). The Morgan fingerprint density at radius 1 is 1.12 bits per heavy atom. The molecule has 1 fully saturated rings.